The van der Waals surface area contributed by atoms with Crippen molar-refractivity contribution in [1.82, 2.24) is 0 Å². The van der Waals surface area contributed by atoms with Crippen molar-refractivity contribution >= 4 is 19.2 Å². The average Bonchev–Trinajstić information content (AvgIpc) is 2.35. The van der Waals surface area contributed by atoms with Crippen LogP contribution in [0.3, 0.4) is 0 Å². The van der Waals surface area contributed by atoms with Crippen LogP contribution in [-0.4, -0.2) is 19.8 Å². The molecule has 0 aliphatic carbocycles. The smallest absolute Gasteiger partial charge is 0.466 e. The summed E-state index contributed by atoms with van der Waals surface area (Å²) in [5.74, 6) is 0.322. The summed E-state index contributed by atoms with van der Waals surface area (Å²) < 4.78 is 8.88. The van der Waals surface area contributed by atoms with E-state index >= 15 is 0 Å². The molecule has 0 amide bonds. The van der Waals surface area contributed by atoms with Crippen LogP contribution in [0.2, 0.25) is 0 Å². The maximum absolute atomic E-state index is 8.88. The van der Waals surface area contributed by atoms with Gasteiger partial charge in [0.1, 0.15) is 5.75 Å². The lowest BCUT2D eigenvalue weighted by atomic mass is 10.2. The first-order valence-corrected chi connectivity index (χ1v) is 7.30. The van der Waals surface area contributed by atoms with Crippen LogP contribution in [0.4, 0.5) is 11.4 Å². The SMILES string of the molecule is Cc1c(N)cccc1N.O=P(O)(O)O.Oc1ccccc1. The molecule has 0 radical (unpaired) electrons. The Labute approximate surface area is 122 Å². The van der Waals surface area contributed by atoms with Gasteiger partial charge in [-0.1, -0.05) is 24.3 Å². The van der Waals surface area contributed by atoms with Crippen molar-refractivity contribution in [3.63, 3.8) is 0 Å². The fourth-order valence-corrected chi connectivity index (χ4v) is 1.10. The van der Waals surface area contributed by atoms with Crippen molar-refractivity contribution < 1.29 is 24.4 Å². The first-order chi connectivity index (χ1) is 9.61. The highest BCUT2D eigenvalue weighted by atomic mass is 31.2. The molecule has 21 heavy (non-hydrogen) atoms. The lowest BCUT2D eigenvalue weighted by Crippen LogP contribution is -1.94. The Kier molecular flexibility index (Phi) is 8.11. The Morgan fingerprint density at radius 1 is 0.857 bits per heavy atom. The zero-order valence-corrected chi connectivity index (χ0v) is 12.3. The van der Waals surface area contributed by atoms with E-state index in [0.717, 1.165) is 16.9 Å². The van der Waals surface area contributed by atoms with Gasteiger partial charge in [0, 0.05) is 11.4 Å². The Hall–Kier alpha value is -2.05. The Morgan fingerprint density at radius 3 is 1.48 bits per heavy atom. The van der Waals surface area contributed by atoms with Gasteiger partial charge in [-0.15, -0.1) is 0 Å². The molecule has 116 valence electrons. The number of benzene rings is 2. The van der Waals surface area contributed by atoms with E-state index in [0.29, 0.717) is 5.75 Å². The predicted molar refractivity (Wildman–Crippen MR) is 82.4 cm³/mol. The molecular weight excluding hydrogens is 295 g/mol. The molecule has 8 N–H and O–H groups in total. The van der Waals surface area contributed by atoms with Crippen LogP contribution < -0.4 is 11.5 Å². The molecule has 0 aliphatic rings. The molecule has 0 aliphatic heterocycles. The molecule has 0 heterocycles. The van der Waals surface area contributed by atoms with Gasteiger partial charge in [-0.2, -0.15) is 0 Å². The number of anilines is 2. The van der Waals surface area contributed by atoms with E-state index in [-0.39, 0.29) is 0 Å². The third-order valence-electron chi connectivity index (χ3n) is 2.17. The summed E-state index contributed by atoms with van der Waals surface area (Å²) in [5, 5.41) is 8.63. The minimum absolute atomic E-state index is 0.322. The number of phosphoric acid groups is 1. The Balaban J connectivity index is 0.000000300. The topological polar surface area (TPSA) is 150 Å². The maximum Gasteiger partial charge on any atom is 0.466 e. The van der Waals surface area contributed by atoms with Gasteiger partial charge in [-0.3, -0.25) is 0 Å². The summed E-state index contributed by atoms with van der Waals surface area (Å²) in [6.07, 6.45) is 0. The Bertz CT molecular complexity index is 558. The number of hydrogen-bond acceptors (Lipinski definition) is 4. The molecule has 0 saturated carbocycles. The number of phenols is 1. The molecule has 8 heteroatoms. The number of hydrogen-bond donors (Lipinski definition) is 6. The predicted octanol–water partition coefficient (Wildman–Crippen LogP) is 1.62. The first kappa shape index (κ1) is 18.9. The molecule has 0 atom stereocenters. The summed E-state index contributed by atoms with van der Waals surface area (Å²) in [4.78, 5) is 21.6. The number of nitrogens with two attached hydrogens (primary N) is 2. The van der Waals surface area contributed by atoms with Gasteiger partial charge in [0.2, 0.25) is 0 Å². The van der Waals surface area contributed by atoms with Crippen molar-refractivity contribution in [1.29, 1.82) is 0 Å². The molecule has 0 bridgehead atoms. The van der Waals surface area contributed by atoms with Crippen LogP contribution in [0.15, 0.2) is 48.5 Å². The van der Waals surface area contributed by atoms with E-state index in [2.05, 4.69) is 0 Å². The monoisotopic (exact) mass is 314 g/mol. The minimum Gasteiger partial charge on any atom is -0.508 e. The molecule has 0 fully saturated rings. The van der Waals surface area contributed by atoms with Crippen molar-refractivity contribution in [2.75, 3.05) is 11.5 Å². The van der Waals surface area contributed by atoms with Crippen molar-refractivity contribution in [3.05, 3.63) is 54.1 Å². The number of aromatic hydroxyl groups is 1. The largest absolute Gasteiger partial charge is 0.508 e. The minimum atomic E-state index is -4.64. The van der Waals surface area contributed by atoms with Gasteiger partial charge in [0.05, 0.1) is 0 Å². The number of phenolic OH excluding ortho intramolecular Hbond substituents is 1. The van der Waals surface area contributed by atoms with Crippen LogP contribution in [0.25, 0.3) is 0 Å². The lowest BCUT2D eigenvalue weighted by Gasteiger charge is -2.00. The molecule has 7 nitrogen and oxygen atoms in total. The van der Waals surface area contributed by atoms with Gasteiger partial charge in [-0.25, -0.2) is 4.57 Å². The van der Waals surface area contributed by atoms with E-state index in [1.807, 2.05) is 31.2 Å². The highest BCUT2D eigenvalue weighted by Crippen LogP contribution is 2.25. The molecule has 2 aromatic carbocycles. The van der Waals surface area contributed by atoms with E-state index in [1.165, 1.54) is 0 Å². The number of rotatable bonds is 0. The molecule has 2 aromatic rings. The van der Waals surface area contributed by atoms with Crippen LogP contribution in [0, 0.1) is 6.92 Å². The van der Waals surface area contributed by atoms with Crippen LogP contribution >= 0.6 is 7.82 Å². The third-order valence-corrected chi connectivity index (χ3v) is 2.17. The van der Waals surface area contributed by atoms with Crippen molar-refractivity contribution in [3.8, 4) is 5.75 Å². The zero-order valence-electron chi connectivity index (χ0n) is 11.4. The molecule has 0 saturated heterocycles. The summed E-state index contributed by atoms with van der Waals surface area (Å²) in [7, 11) is -4.64. The van der Waals surface area contributed by atoms with Gasteiger partial charge >= 0.3 is 7.82 Å². The molecule has 0 unspecified atom stereocenters. The van der Waals surface area contributed by atoms with Crippen LogP contribution in [0.1, 0.15) is 5.56 Å². The van der Waals surface area contributed by atoms with Gasteiger partial charge in [0.15, 0.2) is 0 Å². The normalized spacial score (nSPS) is 9.71. The molecule has 0 spiro atoms. The second-order valence-electron chi connectivity index (χ2n) is 3.91. The van der Waals surface area contributed by atoms with E-state index in [4.69, 9.17) is 35.8 Å². The second-order valence-corrected chi connectivity index (χ2v) is 4.94. The first-order valence-electron chi connectivity index (χ1n) is 5.74. The van der Waals surface area contributed by atoms with Crippen molar-refractivity contribution in [2.45, 2.75) is 6.92 Å². The van der Waals surface area contributed by atoms with E-state index in [1.54, 1.807) is 24.3 Å². The van der Waals surface area contributed by atoms with Gasteiger partial charge in [-0.05, 0) is 36.8 Å². The molecule has 0 aromatic heterocycles. The fourth-order valence-electron chi connectivity index (χ4n) is 1.10. The standard InChI is InChI=1S/C7H10N2.C6H6O.H3O4P/c1-5-6(8)3-2-4-7(5)9;7-6-4-2-1-3-5-6;1-5(2,3)4/h2-4H,8-9H2,1H3;1-5,7H;(H3,1,2,3,4). The maximum atomic E-state index is 8.88. The highest BCUT2D eigenvalue weighted by Gasteiger charge is 2.00. The van der Waals surface area contributed by atoms with Gasteiger partial charge in [0.25, 0.3) is 0 Å². The lowest BCUT2D eigenvalue weighted by molar-refractivity contribution is 0.275. The fraction of sp³-hybridized carbons (Fsp3) is 0.0769. The van der Waals surface area contributed by atoms with E-state index < -0.39 is 7.82 Å². The number of para-hydroxylation sites is 1. The quantitative estimate of drug-likeness (QED) is 0.319. The third kappa shape index (κ3) is 11.5. The average molecular weight is 314 g/mol. The summed E-state index contributed by atoms with van der Waals surface area (Å²) in [6.45, 7) is 1.91. The Morgan fingerprint density at radius 2 is 1.24 bits per heavy atom. The van der Waals surface area contributed by atoms with Crippen LogP contribution in [-0.2, 0) is 4.57 Å². The molecular formula is C13H19N2O5P. The summed E-state index contributed by atoms with van der Waals surface area (Å²) in [6, 6.07) is 14.2. The van der Waals surface area contributed by atoms with Crippen molar-refractivity contribution in [2.24, 2.45) is 0 Å². The summed E-state index contributed by atoms with van der Waals surface area (Å²) >= 11 is 0. The highest BCUT2D eigenvalue weighted by molar-refractivity contribution is 7.45. The second kappa shape index (κ2) is 8.99. The number of nitrogen functional groups attached to an aromatic ring is 2. The molecule has 2 rings (SSSR count). The van der Waals surface area contributed by atoms with Gasteiger partial charge < -0.3 is 31.3 Å². The van der Waals surface area contributed by atoms with E-state index in [9.17, 15) is 0 Å². The zero-order chi connectivity index (χ0) is 16.5. The summed E-state index contributed by atoms with van der Waals surface area (Å²) in [5.41, 5.74) is 13.6. The van der Waals surface area contributed by atoms with Crippen LogP contribution in [0.5, 0.6) is 5.75 Å².